The van der Waals surface area contributed by atoms with E-state index in [1.165, 1.54) is 12.3 Å². The number of amides is 1. The van der Waals surface area contributed by atoms with E-state index in [0.717, 1.165) is 29.2 Å². The number of aromatic nitrogens is 5. The summed E-state index contributed by atoms with van der Waals surface area (Å²) in [6.45, 7) is 3.38. The van der Waals surface area contributed by atoms with Crippen molar-refractivity contribution >= 4 is 38.0 Å². The summed E-state index contributed by atoms with van der Waals surface area (Å²) in [4.78, 5) is 28.5. The Labute approximate surface area is 172 Å². The van der Waals surface area contributed by atoms with Crippen molar-refractivity contribution in [2.24, 2.45) is 0 Å². The molecule has 4 aromatic rings. The van der Waals surface area contributed by atoms with E-state index in [2.05, 4.69) is 19.9 Å². The molecule has 0 spiro atoms. The molecule has 4 rings (SSSR count). The number of methoxy groups -OCH3 is 1. The average molecular weight is 426 g/mol. The lowest BCUT2D eigenvalue weighted by molar-refractivity contribution is -0.117. The Kier molecular flexibility index (Phi) is 4.82. The van der Waals surface area contributed by atoms with E-state index in [0.29, 0.717) is 23.8 Å². The fourth-order valence-electron chi connectivity index (χ4n) is 3.18. The minimum absolute atomic E-state index is 0.0837. The van der Waals surface area contributed by atoms with E-state index in [1.807, 2.05) is 22.3 Å². The van der Waals surface area contributed by atoms with Crippen LogP contribution in [0, 0.1) is 6.92 Å². The van der Waals surface area contributed by atoms with Gasteiger partial charge in [-0.3, -0.25) is 9.78 Å². The van der Waals surface area contributed by atoms with Crippen molar-refractivity contribution in [3.63, 3.8) is 0 Å². The van der Waals surface area contributed by atoms with Crippen LogP contribution in [0.25, 0.3) is 22.1 Å². The van der Waals surface area contributed by atoms with E-state index in [9.17, 15) is 13.2 Å². The van der Waals surface area contributed by atoms with Crippen LogP contribution in [0.3, 0.4) is 0 Å². The van der Waals surface area contributed by atoms with Crippen LogP contribution in [0.1, 0.15) is 18.4 Å². The number of carbonyl (C=O) groups is 1. The molecule has 0 atom stereocenters. The van der Waals surface area contributed by atoms with Gasteiger partial charge in [-0.15, -0.1) is 0 Å². The summed E-state index contributed by atoms with van der Waals surface area (Å²) in [6, 6.07) is 6.65. The monoisotopic (exact) mass is 426 g/mol. The number of hydrogen-bond acceptors (Lipinski definition) is 8. The summed E-state index contributed by atoms with van der Waals surface area (Å²) in [5.74, 6) is 0.562. The molecule has 10 nitrogen and oxygen atoms in total. The van der Waals surface area contributed by atoms with Crippen molar-refractivity contribution in [2.75, 3.05) is 7.11 Å². The molecule has 4 aromatic heterocycles. The fourth-order valence-corrected chi connectivity index (χ4v) is 4.11. The zero-order valence-electron chi connectivity index (χ0n) is 16.4. The first-order valence-corrected chi connectivity index (χ1v) is 10.4. The van der Waals surface area contributed by atoms with Crippen LogP contribution in [-0.2, 0) is 21.4 Å². The number of carbonyl (C=O) groups excluding carboxylic acids is 1. The predicted octanol–water partition coefficient (Wildman–Crippen LogP) is 1.56. The van der Waals surface area contributed by atoms with Crippen LogP contribution in [0.2, 0.25) is 0 Å². The number of hydrogen-bond donors (Lipinski definition) is 1. The molecule has 4 heterocycles. The molecule has 0 radical (unpaired) electrons. The molecular weight excluding hydrogens is 408 g/mol. The van der Waals surface area contributed by atoms with Gasteiger partial charge in [0.2, 0.25) is 11.8 Å². The Morgan fingerprint density at radius 3 is 2.60 bits per heavy atom. The summed E-state index contributed by atoms with van der Waals surface area (Å²) in [5.41, 5.74) is 2.74. The lowest BCUT2D eigenvalue weighted by atomic mass is 10.2. The van der Waals surface area contributed by atoms with Crippen LogP contribution in [0.15, 0.2) is 41.6 Å². The number of nitrogens with zero attached hydrogens (tertiary/aromatic N) is 5. The van der Waals surface area contributed by atoms with Gasteiger partial charge in [0.15, 0.2) is 5.65 Å². The molecule has 1 N–H and O–H groups in total. The quantitative estimate of drug-likeness (QED) is 0.509. The molecule has 30 heavy (non-hydrogen) atoms. The van der Waals surface area contributed by atoms with Crippen LogP contribution >= 0.6 is 0 Å². The van der Waals surface area contributed by atoms with Gasteiger partial charge < -0.3 is 9.30 Å². The number of pyridine rings is 3. The van der Waals surface area contributed by atoms with E-state index in [-0.39, 0.29) is 4.90 Å². The van der Waals surface area contributed by atoms with Gasteiger partial charge in [0.1, 0.15) is 16.2 Å². The normalized spacial score (nSPS) is 11.7. The largest absolute Gasteiger partial charge is 0.481 e. The number of fused-ring (bicyclic) bond motifs is 3. The zero-order valence-corrected chi connectivity index (χ0v) is 17.3. The minimum atomic E-state index is -3.93. The number of ether oxygens (including phenoxy) is 1. The smallest absolute Gasteiger partial charge is 0.265 e. The maximum absolute atomic E-state index is 12.1. The third-order valence-electron chi connectivity index (χ3n) is 4.51. The molecule has 0 aliphatic rings. The van der Waals surface area contributed by atoms with Crippen molar-refractivity contribution in [3.05, 3.63) is 48.2 Å². The highest BCUT2D eigenvalue weighted by molar-refractivity contribution is 7.90. The van der Waals surface area contributed by atoms with Gasteiger partial charge in [-0.05, 0) is 25.1 Å². The summed E-state index contributed by atoms with van der Waals surface area (Å²) in [7, 11) is -2.38. The molecule has 0 fully saturated rings. The Hall–Kier alpha value is -3.60. The van der Waals surface area contributed by atoms with Gasteiger partial charge in [0.05, 0.1) is 31.1 Å². The van der Waals surface area contributed by atoms with Gasteiger partial charge in [-0.25, -0.2) is 23.1 Å². The molecule has 11 heteroatoms. The van der Waals surface area contributed by atoms with E-state index >= 15 is 0 Å². The predicted molar refractivity (Wildman–Crippen MR) is 108 cm³/mol. The van der Waals surface area contributed by atoms with Crippen molar-refractivity contribution in [3.8, 4) is 5.88 Å². The van der Waals surface area contributed by atoms with Gasteiger partial charge in [-0.1, -0.05) is 0 Å². The van der Waals surface area contributed by atoms with Gasteiger partial charge in [0, 0.05) is 24.6 Å². The van der Waals surface area contributed by atoms with Crippen LogP contribution in [0.5, 0.6) is 5.88 Å². The van der Waals surface area contributed by atoms with Crippen molar-refractivity contribution in [2.45, 2.75) is 25.3 Å². The Morgan fingerprint density at radius 2 is 1.93 bits per heavy atom. The lowest BCUT2D eigenvalue weighted by Crippen LogP contribution is -2.28. The second-order valence-corrected chi connectivity index (χ2v) is 8.29. The number of imidazole rings is 1. The van der Waals surface area contributed by atoms with E-state index in [1.54, 1.807) is 25.4 Å². The third-order valence-corrected chi connectivity index (χ3v) is 5.93. The standard InChI is InChI=1S/C19H18N6O4S/c1-11-22-16-9-21-19-15(6-7-17(23-19)29-3)18(16)25(11)10-13-4-5-14(8-20-13)30(27,28)24-12(2)26/h4-9H,10H2,1-3H3,(H,24,26). The van der Waals surface area contributed by atoms with Crippen LogP contribution in [0.4, 0.5) is 0 Å². The summed E-state index contributed by atoms with van der Waals surface area (Å²) in [6.07, 6.45) is 2.88. The SMILES string of the molecule is COc1ccc2c(ncc3nc(C)n(Cc4ccc(S(=O)(=O)NC(C)=O)cn4)c32)n1. The number of sulfonamides is 1. The third kappa shape index (κ3) is 3.54. The molecule has 0 aromatic carbocycles. The highest BCUT2D eigenvalue weighted by Gasteiger charge is 2.17. The lowest BCUT2D eigenvalue weighted by Gasteiger charge is -2.09. The van der Waals surface area contributed by atoms with Crippen LogP contribution < -0.4 is 9.46 Å². The number of aryl methyl sites for hydroxylation is 1. The molecule has 0 aliphatic carbocycles. The Bertz CT molecular complexity index is 1380. The fraction of sp³-hybridized carbons (Fsp3) is 0.211. The minimum Gasteiger partial charge on any atom is -0.481 e. The first-order valence-electron chi connectivity index (χ1n) is 8.93. The summed E-state index contributed by atoms with van der Waals surface area (Å²) in [5, 5.41) is 0.818. The highest BCUT2D eigenvalue weighted by atomic mass is 32.2. The van der Waals surface area contributed by atoms with Crippen molar-refractivity contribution < 1.29 is 17.9 Å². The van der Waals surface area contributed by atoms with E-state index in [4.69, 9.17) is 4.74 Å². The maximum Gasteiger partial charge on any atom is 0.265 e. The van der Waals surface area contributed by atoms with Crippen LogP contribution in [-0.4, -0.2) is 45.9 Å². The molecule has 154 valence electrons. The molecule has 0 saturated heterocycles. The van der Waals surface area contributed by atoms with Gasteiger partial charge >= 0.3 is 0 Å². The first kappa shape index (κ1) is 19.7. The van der Waals surface area contributed by atoms with Crippen molar-refractivity contribution in [1.29, 1.82) is 0 Å². The van der Waals surface area contributed by atoms with Gasteiger partial charge in [-0.2, -0.15) is 4.98 Å². The molecule has 0 bridgehead atoms. The molecule has 0 aliphatic heterocycles. The molecule has 0 saturated carbocycles. The molecule has 0 unspecified atom stereocenters. The van der Waals surface area contributed by atoms with Gasteiger partial charge in [0.25, 0.3) is 10.0 Å². The topological polar surface area (TPSA) is 129 Å². The summed E-state index contributed by atoms with van der Waals surface area (Å²) >= 11 is 0. The maximum atomic E-state index is 12.1. The number of nitrogens with one attached hydrogen (secondary N) is 1. The average Bonchev–Trinajstić information content (AvgIpc) is 3.02. The van der Waals surface area contributed by atoms with Crippen molar-refractivity contribution in [1.82, 2.24) is 29.2 Å². The Morgan fingerprint density at radius 1 is 1.13 bits per heavy atom. The Balaban J connectivity index is 1.74. The first-order chi connectivity index (χ1) is 14.3. The van der Waals surface area contributed by atoms with E-state index < -0.39 is 15.9 Å². The zero-order chi connectivity index (χ0) is 21.5. The molecular formula is C19H18N6O4S. The second kappa shape index (κ2) is 7.34. The molecule has 1 amide bonds. The highest BCUT2D eigenvalue weighted by Crippen LogP contribution is 2.26. The summed E-state index contributed by atoms with van der Waals surface area (Å²) < 4.78 is 33.2. The number of rotatable bonds is 5. The second-order valence-electron chi connectivity index (χ2n) is 6.61.